The highest BCUT2D eigenvalue weighted by Crippen LogP contribution is 2.38. The zero-order valence-corrected chi connectivity index (χ0v) is 17.3. The van der Waals surface area contributed by atoms with E-state index in [-0.39, 0.29) is 10.6 Å². The van der Waals surface area contributed by atoms with Crippen LogP contribution in [-0.4, -0.2) is 15.5 Å². The molecule has 0 bridgehead atoms. The molecule has 158 valence electrons. The molecule has 30 heavy (non-hydrogen) atoms. The second kappa shape index (κ2) is 8.03. The SMILES string of the molecule is O=C(Cn1cnc2sc3c(c2c1=O)CCCCC3)Nc1c(Cl)cccc1C(F)(F)F. The lowest BCUT2D eigenvalue weighted by molar-refractivity contribution is -0.137. The first kappa shape index (κ1) is 20.9. The van der Waals surface area contributed by atoms with E-state index in [2.05, 4.69) is 10.3 Å². The molecule has 0 spiro atoms. The third-order valence-electron chi connectivity index (χ3n) is 5.09. The van der Waals surface area contributed by atoms with E-state index in [0.717, 1.165) is 59.2 Å². The normalized spacial score (nSPS) is 14.4. The van der Waals surface area contributed by atoms with Crippen LogP contribution >= 0.6 is 22.9 Å². The van der Waals surface area contributed by atoms with Crippen LogP contribution in [0.3, 0.4) is 0 Å². The molecule has 10 heteroatoms. The minimum atomic E-state index is -4.68. The molecule has 2 aromatic heterocycles. The Morgan fingerprint density at radius 2 is 2.00 bits per heavy atom. The second-order valence-corrected chi connectivity index (χ2v) is 8.62. The highest BCUT2D eigenvalue weighted by Gasteiger charge is 2.34. The summed E-state index contributed by atoms with van der Waals surface area (Å²) in [7, 11) is 0. The van der Waals surface area contributed by atoms with Crippen LogP contribution < -0.4 is 10.9 Å². The predicted molar refractivity (Wildman–Crippen MR) is 110 cm³/mol. The van der Waals surface area contributed by atoms with Gasteiger partial charge in [0, 0.05) is 4.88 Å². The lowest BCUT2D eigenvalue weighted by atomic mass is 10.1. The van der Waals surface area contributed by atoms with Crippen LogP contribution in [0.5, 0.6) is 0 Å². The lowest BCUT2D eigenvalue weighted by Crippen LogP contribution is -2.28. The maximum absolute atomic E-state index is 13.2. The summed E-state index contributed by atoms with van der Waals surface area (Å²) in [5, 5.41) is 2.48. The molecule has 0 radical (unpaired) electrons. The van der Waals surface area contributed by atoms with Crippen molar-refractivity contribution in [1.82, 2.24) is 9.55 Å². The largest absolute Gasteiger partial charge is 0.418 e. The number of hydrogen-bond acceptors (Lipinski definition) is 4. The molecule has 0 unspecified atom stereocenters. The number of hydrogen-bond donors (Lipinski definition) is 1. The van der Waals surface area contributed by atoms with E-state index in [0.29, 0.717) is 10.2 Å². The third-order valence-corrected chi connectivity index (χ3v) is 6.60. The van der Waals surface area contributed by atoms with E-state index in [1.165, 1.54) is 23.7 Å². The standard InChI is InChI=1S/C20H17ClF3N3O2S/c21-13-7-4-6-12(20(22,23)24)17(13)26-15(28)9-27-10-25-18-16(19(27)29)11-5-2-1-3-8-14(11)30-18/h4,6-7,10H,1-3,5,8-9H2,(H,26,28). The Bertz CT molecular complexity index is 1190. The summed E-state index contributed by atoms with van der Waals surface area (Å²) in [4.78, 5) is 31.6. The average Bonchev–Trinajstić information content (AvgIpc) is 2.87. The number of para-hydroxylation sites is 1. The Morgan fingerprint density at radius 3 is 2.77 bits per heavy atom. The molecule has 3 aromatic rings. The smallest absolute Gasteiger partial charge is 0.323 e. The van der Waals surface area contributed by atoms with Gasteiger partial charge in [0.2, 0.25) is 5.91 Å². The molecule has 0 atom stereocenters. The maximum Gasteiger partial charge on any atom is 0.418 e. The van der Waals surface area contributed by atoms with Crippen molar-refractivity contribution in [2.45, 2.75) is 44.8 Å². The van der Waals surface area contributed by atoms with Crippen molar-refractivity contribution in [3.05, 3.63) is 55.9 Å². The molecule has 0 saturated heterocycles. The number of rotatable bonds is 3. The molecule has 0 fully saturated rings. The molecule has 1 N–H and O–H groups in total. The van der Waals surface area contributed by atoms with E-state index in [1.54, 1.807) is 0 Å². The van der Waals surface area contributed by atoms with E-state index in [1.807, 2.05) is 0 Å². The van der Waals surface area contributed by atoms with Gasteiger partial charge in [0.1, 0.15) is 11.4 Å². The van der Waals surface area contributed by atoms with Crippen LogP contribution in [0.4, 0.5) is 18.9 Å². The molecule has 4 rings (SSSR count). The predicted octanol–water partition coefficient (Wildman–Crippen LogP) is 5.04. The number of halogens is 4. The summed E-state index contributed by atoms with van der Waals surface area (Å²) in [5.41, 5.74) is -0.939. The van der Waals surface area contributed by atoms with Crippen LogP contribution in [0, 0.1) is 0 Å². The van der Waals surface area contributed by atoms with Gasteiger partial charge in [-0.2, -0.15) is 13.2 Å². The maximum atomic E-state index is 13.2. The molecular formula is C20H17ClF3N3O2S. The van der Waals surface area contributed by atoms with Crippen molar-refractivity contribution in [2.24, 2.45) is 0 Å². The van der Waals surface area contributed by atoms with Crippen molar-refractivity contribution in [2.75, 3.05) is 5.32 Å². The van der Waals surface area contributed by atoms with Gasteiger partial charge < -0.3 is 5.32 Å². The van der Waals surface area contributed by atoms with E-state index in [4.69, 9.17) is 11.6 Å². The molecule has 0 saturated carbocycles. The van der Waals surface area contributed by atoms with Gasteiger partial charge in [-0.1, -0.05) is 24.1 Å². The second-order valence-electron chi connectivity index (χ2n) is 7.13. The van der Waals surface area contributed by atoms with E-state index < -0.39 is 29.9 Å². The van der Waals surface area contributed by atoms with Crippen molar-refractivity contribution in [1.29, 1.82) is 0 Å². The molecular weight excluding hydrogens is 439 g/mol. The number of nitrogens with zero attached hydrogens (tertiary/aromatic N) is 2. The van der Waals surface area contributed by atoms with Gasteiger partial charge in [-0.05, 0) is 43.4 Å². The number of benzene rings is 1. The Balaban J connectivity index is 1.64. The van der Waals surface area contributed by atoms with Crippen LogP contribution in [0.15, 0.2) is 29.3 Å². The highest BCUT2D eigenvalue weighted by atomic mass is 35.5. The quantitative estimate of drug-likeness (QED) is 0.563. The molecule has 1 aliphatic carbocycles. The van der Waals surface area contributed by atoms with Gasteiger partial charge in [0.15, 0.2) is 0 Å². The summed E-state index contributed by atoms with van der Waals surface area (Å²) in [6, 6.07) is 3.25. The first-order chi connectivity index (χ1) is 14.3. The number of fused-ring (bicyclic) bond motifs is 3. The van der Waals surface area contributed by atoms with Gasteiger partial charge in [0.05, 0.1) is 28.0 Å². The Kier molecular flexibility index (Phi) is 5.59. The first-order valence-corrected chi connectivity index (χ1v) is 10.6. The summed E-state index contributed by atoms with van der Waals surface area (Å²) >= 11 is 7.37. The van der Waals surface area contributed by atoms with Gasteiger partial charge in [0.25, 0.3) is 5.56 Å². The van der Waals surface area contributed by atoms with Crippen LogP contribution in [0.25, 0.3) is 10.2 Å². The third kappa shape index (κ3) is 3.96. The Labute approximate surface area is 178 Å². The number of nitrogens with one attached hydrogen (secondary N) is 1. The number of aryl methyl sites for hydroxylation is 2. The number of amides is 1. The Hall–Kier alpha value is -2.39. The topological polar surface area (TPSA) is 64.0 Å². The minimum absolute atomic E-state index is 0.234. The highest BCUT2D eigenvalue weighted by molar-refractivity contribution is 7.18. The number of aromatic nitrogens is 2. The summed E-state index contributed by atoms with van der Waals surface area (Å²) < 4.78 is 40.8. The van der Waals surface area contributed by atoms with Crippen molar-refractivity contribution in [3.8, 4) is 0 Å². The minimum Gasteiger partial charge on any atom is -0.323 e. The fourth-order valence-electron chi connectivity index (χ4n) is 3.69. The summed E-state index contributed by atoms with van der Waals surface area (Å²) in [5.74, 6) is -0.793. The Morgan fingerprint density at radius 1 is 1.23 bits per heavy atom. The number of thiophene rings is 1. The van der Waals surface area contributed by atoms with Crippen molar-refractivity contribution >= 4 is 44.7 Å². The van der Waals surface area contributed by atoms with Crippen molar-refractivity contribution < 1.29 is 18.0 Å². The van der Waals surface area contributed by atoms with Gasteiger partial charge in [-0.3, -0.25) is 14.2 Å². The molecule has 1 amide bonds. The monoisotopic (exact) mass is 455 g/mol. The average molecular weight is 456 g/mol. The molecule has 2 heterocycles. The van der Waals surface area contributed by atoms with Gasteiger partial charge in [-0.15, -0.1) is 11.3 Å². The molecule has 5 nitrogen and oxygen atoms in total. The van der Waals surface area contributed by atoms with Gasteiger partial charge in [-0.25, -0.2) is 4.98 Å². The van der Waals surface area contributed by atoms with E-state index in [9.17, 15) is 22.8 Å². The molecule has 0 aliphatic heterocycles. The van der Waals surface area contributed by atoms with Crippen LogP contribution in [0.1, 0.15) is 35.3 Å². The van der Waals surface area contributed by atoms with E-state index >= 15 is 0 Å². The fourth-order valence-corrected chi connectivity index (χ4v) is 5.13. The summed E-state index contributed by atoms with van der Waals surface area (Å²) in [6.45, 7) is -0.463. The fraction of sp³-hybridized carbons (Fsp3) is 0.350. The first-order valence-electron chi connectivity index (χ1n) is 9.41. The molecule has 1 aromatic carbocycles. The zero-order valence-electron chi connectivity index (χ0n) is 15.7. The number of carbonyl (C=O) groups is 1. The molecule has 1 aliphatic rings. The lowest BCUT2D eigenvalue weighted by Gasteiger charge is -2.15. The van der Waals surface area contributed by atoms with Crippen molar-refractivity contribution in [3.63, 3.8) is 0 Å². The number of anilines is 1. The number of carbonyl (C=O) groups excluding carboxylic acids is 1. The zero-order chi connectivity index (χ0) is 21.5. The number of alkyl halides is 3. The van der Waals surface area contributed by atoms with Gasteiger partial charge >= 0.3 is 6.18 Å². The van der Waals surface area contributed by atoms with Crippen LogP contribution in [-0.2, 0) is 30.4 Å². The summed E-state index contributed by atoms with van der Waals surface area (Å²) in [6.07, 6.45) is 1.42. The van der Waals surface area contributed by atoms with Crippen LogP contribution in [0.2, 0.25) is 5.02 Å².